The van der Waals surface area contributed by atoms with Gasteiger partial charge in [-0.15, -0.1) is 0 Å². The van der Waals surface area contributed by atoms with Crippen molar-refractivity contribution in [3.63, 3.8) is 0 Å². The van der Waals surface area contributed by atoms with E-state index >= 15 is 0 Å². The van der Waals surface area contributed by atoms with E-state index in [9.17, 15) is 24.3 Å². The summed E-state index contributed by atoms with van der Waals surface area (Å²) in [5.41, 5.74) is 5.33. The molecule has 11 heteroatoms. The number of hydrogen-bond acceptors (Lipinski definition) is 7. The maximum atomic E-state index is 13.8. The zero-order valence-corrected chi connectivity index (χ0v) is 30.0. The number of fused-ring (bicyclic) bond motifs is 3. The molecule has 0 aliphatic carbocycles. The van der Waals surface area contributed by atoms with E-state index in [1.165, 1.54) is 11.8 Å². The van der Waals surface area contributed by atoms with E-state index in [4.69, 9.17) is 8.83 Å². The molecule has 0 aliphatic heterocycles. The number of hydrogen-bond donors (Lipinski definition) is 4. The fourth-order valence-corrected chi connectivity index (χ4v) is 7.44. The molecular formula is C40H41N3O7S. The molecular weight excluding hydrogens is 667 g/mol. The Hall–Kier alpha value is -5.29. The maximum Gasteiger partial charge on any atom is 0.340 e. The van der Waals surface area contributed by atoms with Crippen LogP contribution in [0.5, 0.6) is 0 Å². The number of benzene rings is 3. The first-order valence-electron chi connectivity index (χ1n) is 16.8. The normalized spacial score (nSPS) is 13.0. The van der Waals surface area contributed by atoms with E-state index in [-0.39, 0.29) is 29.6 Å². The molecule has 0 spiro atoms. The molecule has 3 aromatic heterocycles. The molecule has 3 heterocycles. The number of rotatable bonds is 12. The van der Waals surface area contributed by atoms with Crippen LogP contribution < -0.4 is 16.3 Å². The van der Waals surface area contributed by atoms with E-state index in [1.807, 2.05) is 67.6 Å². The van der Waals surface area contributed by atoms with Crippen LogP contribution in [0.15, 0.2) is 86.8 Å². The lowest BCUT2D eigenvalue weighted by Gasteiger charge is -2.22. The molecule has 0 saturated heterocycles. The zero-order chi connectivity index (χ0) is 36.4. The molecule has 3 aromatic carbocycles. The number of H-pyrrole nitrogens is 1. The molecule has 2 atom stereocenters. The summed E-state index contributed by atoms with van der Waals surface area (Å²) in [6.45, 7) is 9.90. The lowest BCUT2D eigenvalue weighted by Crippen LogP contribution is -2.53. The van der Waals surface area contributed by atoms with Gasteiger partial charge in [0.15, 0.2) is 0 Å². The third kappa shape index (κ3) is 7.58. The van der Waals surface area contributed by atoms with Gasteiger partial charge in [0.25, 0.3) is 0 Å². The number of carbonyl (C=O) groups excluding carboxylic acids is 2. The standard InChI is InChI=1S/C40H41N3O7S/c1-22-27-16-29-30(40(3,4)5)19-49-35(29)23(2)36(27)50-39(48)28(22)17-34(44)42-32(15-25-18-41-31-14-10-9-13-26(25)31)37(45)43-33(38(46)47)21-51-20-24-11-7-6-8-12-24/h6-14,16,18-19,32-33,41H,15,17,20-21H2,1-5H3,(H,42,44)(H,43,45)(H,46,47)/t32-,33-/m0/s1. The summed E-state index contributed by atoms with van der Waals surface area (Å²) in [6, 6.07) is 16.8. The van der Waals surface area contributed by atoms with Gasteiger partial charge in [0, 0.05) is 56.9 Å². The minimum absolute atomic E-state index is 0.0869. The highest BCUT2D eigenvalue weighted by atomic mass is 32.2. The average Bonchev–Trinajstić information content (AvgIpc) is 3.72. The number of carboxylic acid groups (broad SMARTS) is 1. The molecule has 0 fully saturated rings. The van der Waals surface area contributed by atoms with E-state index in [1.54, 1.807) is 19.4 Å². The summed E-state index contributed by atoms with van der Waals surface area (Å²) in [7, 11) is 0. The van der Waals surface area contributed by atoms with Crippen molar-refractivity contribution >= 4 is 62.4 Å². The molecule has 0 bridgehead atoms. The molecule has 51 heavy (non-hydrogen) atoms. The number of aromatic nitrogens is 1. The van der Waals surface area contributed by atoms with Gasteiger partial charge in [-0.05, 0) is 48.1 Å². The van der Waals surface area contributed by atoms with E-state index < -0.39 is 35.5 Å². The Bertz CT molecular complexity index is 2310. The van der Waals surface area contributed by atoms with Crippen molar-refractivity contribution < 1.29 is 28.3 Å². The van der Waals surface area contributed by atoms with Crippen LogP contribution in [0, 0.1) is 13.8 Å². The second kappa shape index (κ2) is 14.5. The fourth-order valence-electron chi connectivity index (χ4n) is 6.43. The lowest BCUT2D eigenvalue weighted by molar-refractivity contribution is -0.141. The number of furan rings is 1. The van der Waals surface area contributed by atoms with Gasteiger partial charge >= 0.3 is 11.6 Å². The highest BCUT2D eigenvalue weighted by Gasteiger charge is 2.29. The molecule has 0 radical (unpaired) electrons. The van der Waals surface area contributed by atoms with Crippen molar-refractivity contribution in [1.82, 2.24) is 15.6 Å². The predicted octanol–water partition coefficient (Wildman–Crippen LogP) is 6.71. The highest BCUT2D eigenvalue weighted by molar-refractivity contribution is 7.98. The van der Waals surface area contributed by atoms with Gasteiger partial charge in [0.05, 0.1) is 18.2 Å². The topological polar surface area (TPSA) is 155 Å². The van der Waals surface area contributed by atoms with Crippen LogP contribution in [0.1, 0.15) is 54.2 Å². The smallest absolute Gasteiger partial charge is 0.340 e. The van der Waals surface area contributed by atoms with Crippen molar-refractivity contribution in [2.24, 2.45) is 0 Å². The lowest BCUT2D eigenvalue weighted by atomic mass is 9.86. The largest absolute Gasteiger partial charge is 0.480 e. The number of aliphatic carboxylic acids is 1. The minimum atomic E-state index is -1.19. The molecule has 264 valence electrons. The first-order valence-corrected chi connectivity index (χ1v) is 17.9. The Balaban J connectivity index is 1.27. The number of nitrogens with one attached hydrogen (secondary N) is 3. The molecule has 0 unspecified atom stereocenters. The molecule has 0 aliphatic rings. The first-order chi connectivity index (χ1) is 24.3. The van der Waals surface area contributed by atoms with Crippen molar-refractivity contribution in [1.29, 1.82) is 0 Å². The minimum Gasteiger partial charge on any atom is -0.480 e. The second-order valence-electron chi connectivity index (χ2n) is 13.9. The monoisotopic (exact) mass is 707 g/mol. The summed E-state index contributed by atoms with van der Waals surface area (Å²) < 4.78 is 11.7. The quantitative estimate of drug-likeness (QED) is 0.102. The number of carboxylic acids is 1. The summed E-state index contributed by atoms with van der Waals surface area (Å²) in [5.74, 6) is -1.70. The number of aromatic amines is 1. The average molecular weight is 708 g/mol. The van der Waals surface area contributed by atoms with Crippen molar-refractivity contribution in [3.8, 4) is 0 Å². The van der Waals surface area contributed by atoms with Gasteiger partial charge in [-0.25, -0.2) is 9.59 Å². The second-order valence-corrected chi connectivity index (χ2v) is 14.9. The molecule has 6 aromatic rings. The Morgan fingerprint density at radius 1 is 0.902 bits per heavy atom. The van der Waals surface area contributed by atoms with Crippen LogP contribution in [0.4, 0.5) is 0 Å². The zero-order valence-electron chi connectivity index (χ0n) is 29.2. The Morgan fingerprint density at radius 2 is 1.63 bits per heavy atom. The van der Waals surface area contributed by atoms with Crippen LogP contribution in [0.25, 0.3) is 32.8 Å². The van der Waals surface area contributed by atoms with Gasteiger partial charge < -0.3 is 29.6 Å². The van der Waals surface area contributed by atoms with Crippen molar-refractivity contribution in [3.05, 3.63) is 117 Å². The predicted molar refractivity (Wildman–Crippen MR) is 200 cm³/mol. The van der Waals surface area contributed by atoms with E-state index in [2.05, 4.69) is 36.4 Å². The summed E-state index contributed by atoms with van der Waals surface area (Å²) in [4.78, 5) is 56.3. The molecule has 4 N–H and O–H groups in total. The van der Waals surface area contributed by atoms with Crippen LogP contribution in [0.2, 0.25) is 0 Å². The summed E-state index contributed by atoms with van der Waals surface area (Å²) >= 11 is 1.39. The molecule has 6 rings (SSSR count). The maximum absolute atomic E-state index is 13.8. The van der Waals surface area contributed by atoms with Gasteiger partial charge in [-0.1, -0.05) is 69.3 Å². The summed E-state index contributed by atoms with van der Waals surface area (Å²) in [5, 5.41) is 17.9. The number of amides is 2. The Labute approximate surface area is 299 Å². The van der Waals surface area contributed by atoms with Gasteiger partial charge in [-0.3, -0.25) is 9.59 Å². The molecule has 10 nitrogen and oxygen atoms in total. The summed E-state index contributed by atoms with van der Waals surface area (Å²) in [6.07, 6.45) is 3.25. The van der Waals surface area contributed by atoms with Crippen LogP contribution in [-0.2, 0) is 38.4 Å². The van der Waals surface area contributed by atoms with Crippen molar-refractivity contribution in [2.75, 3.05) is 5.75 Å². The number of carbonyl (C=O) groups is 3. The SMILES string of the molecule is Cc1c(CC(=O)N[C@@H](Cc2c[nH]c3ccccc23)C(=O)N[C@@H](CSCc2ccccc2)C(=O)O)c(=O)oc2c(C)c3occ(C(C)(C)C)c3cc12. The molecule has 0 saturated carbocycles. The molecule has 2 amide bonds. The number of thioether (sulfide) groups is 1. The van der Waals surface area contributed by atoms with Crippen molar-refractivity contribution in [2.45, 2.75) is 70.7 Å². The van der Waals surface area contributed by atoms with Crippen LogP contribution in [-0.4, -0.2) is 45.7 Å². The Kier molecular flexibility index (Phi) is 10.1. The highest BCUT2D eigenvalue weighted by Crippen LogP contribution is 2.37. The third-order valence-electron chi connectivity index (χ3n) is 9.25. The fraction of sp³-hybridized carbons (Fsp3) is 0.300. The Morgan fingerprint density at radius 3 is 2.35 bits per heavy atom. The third-order valence-corrected chi connectivity index (χ3v) is 10.4. The van der Waals surface area contributed by atoms with E-state index in [0.29, 0.717) is 33.4 Å². The number of aryl methyl sites for hydroxylation is 2. The van der Waals surface area contributed by atoms with Crippen LogP contribution in [0.3, 0.4) is 0 Å². The van der Waals surface area contributed by atoms with Gasteiger partial charge in [-0.2, -0.15) is 11.8 Å². The first kappa shape index (κ1) is 35.5. The van der Waals surface area contributed by atoms with Gasteiger partial charge in [0.2, 0.25) is 11.8 Å². The van der Waals surface area contributed by atoms with Crippen LogP contribution >= 0.6 is 11.8 Å². The van der Waals surface area contributed by atoms with Gasteiger partial charge in [0.1, 0.15) is 23.2 Å². The number of para-hydroxylation sites is 1. The van der Waals surface area contributed by atoms with E-state index in [0.717, 1.165) is 33.0 Å².